The first-order valence-corrected chi connectivity index (χ1v) is 5.79. The third kappa shape index (κ3) is 4.68. The van der Waals surface area contributed by atoms with Crippen molar-refractivity contribution in [3.63, 3.8) is 0 Å². The molecule has 0 aliphatic heterocycles. The predicted octanol–water partition coefficient (Wildman–Crippen LogP) is 0.966. The number of aromatic nitrogens is 1. The fourth-order valence-corrected chi connectivity index (χ4v) is 1.56. The fourth-order valence-electron chi connectivity index (χ4n) is 1.56. The Balaban J connectivity index is 2.59. The molecule has 0 saturated heterocycles. The summed E-state index contributed by atoms with van der Waals surface area (Å²) in [6.07, 6.45) is 0.738. The minimum absolute atomic E-state index is 0.428. The molecule has 1 aromatic rings. The monoisotopic (exact) mass is 240 g/mol. The molecule has 1 aromatic heterocycles. The van der Waals surface area contributed by atoms with Crippen LogP contribution in [0.5, 0.6) is 0 Å². The average Bonchev–Trinajstić information content (AvgIpc) is 2.28. The third-order valence-electron chi connectivity index (χ3n) is 2.27. The second kappa shape index (κ2) is 7.21. The van der Waals surface area contributed by atoms with Crippen molar-refractivity contribution in [2.75, 3.05) is 18.9 Å². The Labute approximate surface area is 102 Å². The summed E-state index contributed by atoms with van der Waals surface area (Å²) in [5.74, 6) is 0.444. The highest BCUT2D eigenvalue weighted by molar-refractivity contribution is 5.32. The summed E-state index contributed by atoms with van der Waals surface area (Å²) >= 11 is 0. The standard InChI is InChI=1S/C12H20N2O3/c1-3-16-12(17-4-2)10(15)7-9-5-6-14-11(13)8-9/h5-6,8,10,12,15H,3-4,7H2,1-2H3,(H2,13,14). The minimum atomic E-state index is -0.711. The molecule has 5 nitrogen and oxygen atoms in total. The smallest absolute Gasteiger partial charge is 0.183 e. The summed E-state index contributed by atoms with van der Waals surface area (Å²) in [5.41, 5.74) is 6.48. The van der Waals surface area contributed by atoms with Gasteiger partial charge in [0.05, 0.1) is 0 Å². The zero-order valence-corrected chi connectivity index (χ0v) is 10.3. The molecular formula is C12H20N2O3. The second-order valence-corrected chi connectivity index (χ2v) is 3.64. The van der Waals surface area contributed by atoms with Crippen LogP contribution in [0.2, 0.25) is 0 Å². The molecule has 17 heavy (non-hydrogen) atoms. The number of hydrogen-bond donors (Lipinski definition) is 2. The third-order valence-corrected chi connectivity index (χ3v) is 2.27. The van der Waals surface area contributed by atoms with Gasteiger partial charge in [-0.05, 0) is 31.5 Å². The lowest BCUT2D eigenvalue weighted by molar-refractivity contribution is -0.188. The molecule has 5 heteroatoms. The summed E-state index contributed by atoms with van der Waals surface area (Å²) < 4.78 is 10.7. The number of pyridine rings is 1. The maximum absolute atomic E-state index is 10.0. The summed E-state index contributed by atoms with van der Waals surface area (Å²) in [4.78, 5) is 3.90. The Bertz CT molecular complexity index is 327. The van der Waals surface area contributed by atoms with E-state index < -0.39 is 12.4 Å². The van der Waals surface area contributed by atoms with E-state index in [-0.39, 0.29) is 0 Å². The molecule has 0 fully saturated rings. The molecule has 1 unspecified atom stereocenters. The molecular weight excluding hydrogens is 220 g/mol. The summed E-state index contributed by atoms with van der Waals surface area (Å²) in [6.45, 7) is 4.73. The normalized spacial score (nSPS) is 12.9. The highest BCUT2D eigenvalue weighted by Crippen LogP contribution is 2.11. The van der Waals surface area contributed by atoms with Gasteiger partial charge in [0.1, 0.15) is 11.9 Å². The van der Waals surface area contributed by atoms with Gasteiger partial charge in [-0.1, -0.05) is 0 Å². The van der Waals surface area contributed by atoms with Crippen molar-refractivity contribution >= 4 is 5.82 Å². The highest BCUT2D eigenvalue weighted by Gasteiger charge is 2.20. The van der Waals surface area contributed by atoms with E-state index >= 15 is 0 Å². The molecule has 0 spiro atoms. The number of nitrogens with zero attached hydrogens (tertiary/aromatic N) is 1. The number of aliphatic hydroxyl groups excluding tert-OH is 1. The van der Waals surface area contributed by atoms with Crippen molar-refractivity contribution in [2.45, 2.75) is 32.7 Å². The average molecular weight is 240 g/mol. The van der Waals surface area contributed by atoms with Gasteiger partial charge in [-0.2, -0.15) is 0 Å². The zero-order chi connectivity index (χ0) is 12.7. The molecule has 3 N–H and O–H groups in total. The molecule has 0 radical (unpaired) electrons. The van der Waals surface area contributed by atoms with Crippen molar-refractivity contribution in [3.8, 4) is 0 Å². The maximum Gasteiger partial charge on any atom is 0.183 e. The highest BCUT2D eigenvalue weighted by atomic mass is 16.7. The Morgan fingerprint density at radius 3 is 2.53 bits per heavy atom. The van der Waals surface area contributed by atoms with Crippen LogP contribution in [0.25, 0.3) is 0 Å². The zero-order valence-electron chi connectivity index (χ0n) is 10.3. The molecule has 0 bridgehead atoms. The van der Waals surface area contributed by atoms with Crippen molar-refractivity contribution in [2.24, 2.45) is 0 Å². The lowest BCUT2D eigenvalue weighted by atomic mass is 10.1. The molecule has 1 heterocycles. The fraction of sp³-hybridized carbons (Fsp3) is 0.583. The summed E-state index contributed by atoms with van der Waals surface area (Å²) in [7, 11) is 0. The number of rotatable bonds is 7. The molecule has 0 aromatic carbocycles. The van der Waals surface area contributed by atoms with E-state index in [1.807, 2.05) is 19.9 Å². The number of aliphatic hydroxyl groups is 1. The topological polar surface area (TPSA) is 77.6 Å². The molecule has 96 valence electrons. The van der Waals surface area contributed by atoms with E-state index in [9.17, 15) is 5.11 Å². The van der Waals surface area contributed by atoms with Crippen LogP contribution in [0.1, 0.15) is 19.4 Å². The molecule has 1 atom stereocenters. The lowest BCUT2D eigenvalue weighted by Gasteiger charge is -2.22. The SMILES string of the molecule is CCOC(OCC)C(O)Cc1ccnc(N)c1. The Morgan fingerprint density at radius 1 is 1.35 bits per heavy atom. The van der Waals surface area contributed by atoms with Gasteiger partial charge in [0.15, 0.2) is 6.29 Å². The number of anilines is 1. The van der Waals surface area contributed by atoms with Gasteiger partial charge in [-0.3, -0.25) is 0 Å². The Morgan fingerprint density at radius 2 is 2.00 bits per heavy atom. The van der Waals surface area contributed by atoms with Crippen molar-refractivity contribution < 1.29 is 14.6 Å². The van der Waals surface area contributed by atoms with Gasteiger partial charge >= 0.3 is 0 Å². The number of nitrogens with two attached hydrogens (primary N) is 1. The Kier molecular flexibility index (Phi) is 5.90. The van der Waals surface area contributed by atoms with Crippen LogP contribution >= 0.6 is 0 Å². The molecule has 0 aliphatic carbocycles. The van der Waals surface area contributed by atoms with Crippen LogP contribution in [0, 0.1) is 0 Å². The molecule has 1 rings (SSSR count). The predicted molar refractivity (Wildman–Crippen MR) is 65.4 cm³/mol. The largest absolute Gasteiger partial charge is 0.387 e. The van der Waals surface area contributed by atoms with Gasteiger partial charge in [0.25, 0.3) is 0 Å². The first kappa shape index (κ1) is 13.9. The summed E-state index contributed by atoms with van der Waals surface area (Å²) in [5, 5.41) is 10.0. The van der Waals surface area contributed by atoms with Crippen LogP contribution in [-0.2, 0) is 15.9 Å². The quantitative estimate of drug-likeness (QED) is 0.694. The first-order valence-electron chi connectivity index (χ1n) is 5.79. The first-order chi connectivity index (χ1) is 8.17. The van der Waals surface area contributed by atoms with Crippen molar-refractivity contribution in [1.29, 1.82) is 0 Å². The lowest BCUT2D eigenvalue weighted by Crippen LogP contribution is -2.33. The van der Waals surface area contributed by atoms with E-state index in [1.165, 1.54) is 0 Å². The van der Waals surface area contributed by atoms with Crippen LogP contribution in [-0.4, -0.2) is 35.7 Å². The van der Waals surface area contributed by atoms with Crippen LogP contribution in [0.4, 0.5) is 5.82 Å². The van der Waals surface area contributed by atoms with Gasteiger partial charge in [-0.25, -0.2) is 4.98 Å². The van der Waals surface area contributed by atoms with Crippen molar-refractivity contribution in [1.82, 2.24) is 4.98 Å². The van der Waals surface area contributed by atoms with E-state index in [0.717, 1.165) is 5.56 Å². The van der Waals surface area contributed by atoms with Crippen LogP contribution < -0.4 is 5.73 Å². The number of hydrogen-bond acceptors (Lipinski definition) is 5. The van der Waals surface area contributed by atoms with Crippen LogP contribution in [0.15, 0.2) is 18.3 Å². The molecule has 0 amide bonds. The molecule has 0 aliphatic rings. The van der Waals surface area contributed by atoms with Gasteiger partial charge in [0.2, 0.25) is 0 Å². The van der Waals surface area contributed by atoms with E-state index in [0.29, 0.717) is 25.5 Å². The van der Waals surface area contributed by atoms with E-state index in [1.54, 1.807) is 12.3 Å². The second-order valence-electron chi connectivity index (χ2n) is 3.64. The van der Waals surface area contributed by atoms with E-state index in [4.69, 9.17) is 15.2 Å². The van der Waals surface area contributed by atoms with Gasteiger partial charge < -0.3 is 20.3 Å². The Hall–Kier alpha value is -1.17. The van der Waals surface area contributed by atoms with Crippen LogP contribution in [0.3, 0.4) is 0 Å². The van der Waals surface area contributed by atoms with Gasteiger partial charge in [-0.15, -0.1) is 0 Å². The van der Waals surface area contributed by atoms with E-state index in [2.05, 4.69) is 4.98 Å². The minimum Gasteiger partial charge on any atom is -0.387 e. The maximum atomic E-state index is 10.0. The van der Waals surface area contributed by atoms with Crippen molar-refractivity contribution in [3.05, 3.63) is 23.9 Å². The van der Waals surface area contributed by atoms with Gasteiger partial charge in [0, 0.05) is 25.8 Å². The number of nitrogen functional groups attached to an aromatic ring is 1. The molecule has 0 saturated carbocycles. The summed E-state index contributed by atoms with van der Waals surface area (Å²) in [6, 6.07) is 3.55. The number of ether oxygens (including phenoxy) is 2.